The normalized spacial score (nSPS) is 11.4. The number of nitrogens with two attached hydrogens (primary N) is 1. The van der Waals surface area contributed by atoms with Crippen LogP contribution < -0.4 is 5.73 Å². The van der Waals surface area contributed by atoms with Crippen LogP contribution >= 0.6 is 0 Å². The van der Waals surface area contributed by atoms with Crippen LogP contribution in [-0.2, 0) is 6.42 Å². The Labute approximate surface area is 118 Å². The molecule has 0 aliphatic carbocycles. The first-order chi connectivity index (χ1) is 9.11. The third-order valence-electron chi connectivity index (χ3n) is 3.32. The lowest BCUT2D eigenvalue weighted by atomic mass is 10.1. The minimum absolute atomic E-state index is 0.849. The van der Waals surface area contributed by atoms with E-state index in [-0.39, 0.29) is 0 Å². The number of benzene rings is 1. The van der Waals surface area contributed by atoms with Crippen LogP contribution in [0.4, 0.5) is 5.69 Å². The number of hydrogen-bond acceptors (Lipinski definition) is 3. The van der Waals surface area contributed by atoms with Crippen molar-refractivity contribution in [3.05, 3.63) is 29.8 Å². The van der Waals surface area contributed by atoms with E-state index in [0.29, 0.717) is 0 Å². The number of anilines is 1. The van der Waals surface area contributed by atoms with Gasteiger partial charge in [-0.25, -0.2) is 0 Å². The maximum absolute atomic E-state index is 5.70. The van der Waals surface area contributed by atoms with Crippen LogP contribution in [0.2, 0.25) is 0 Å². The van der Waals surface area contributed by atoms with Crippen molar-refractivity contribution in [1.82, 2.24) is 9.80 Å². The Balaban J connectivity index is 2.28. The van der Waals surface area contributed by atoms with E-state index < -0.39 is 0 Å². The number of nitrogen functional groups attached to an aromatic ring is 1. The quantitative estimate of drug-likeness (QED) is 0.695. The molecule has 0 unspecified atom stereocenters. The minimum Gasteiger partial charge on any atom is -0.399 e. The molecule has 0 saturated heterocycles. The fraction of sp³-hybridized carbons (Fsp3) is 0.625. The SMILES string of the molecule is CCCN(CCCc1ccc(N)cc1)CCN(C)C. The molecule has 1 aromatic rings. The maximum atomic E-state index is 5.70. The van der Waals surface area contributed by atoms with Crippen molar-refractivity contribution in [2.75, 3.05) is 46.0 Å². The Kier molecular flexibility index (Phi) is 7.53. The van der Waals surface area contributed by atoms with E-state index in [2.05, 4.69) is 43.0 Å². The largest absolute Gasteiger partial charge is 0.399 e. The van der Waals surface area contributed by atoms with Crippen LogP contribution in [-0.4, -0.2) is 50.1 Å². The summed E-state index contributed by atoms with van der Waals surface area (Å²) >= 11 is 0. The molecule has 3 heteroatoms. The molecule has 0 fully saturated rings. The summed E-state index contributed by atoms with van der Waals surface area (Å²) in [4.78, 5) is 4.82. The Hall–Kier alpha value is -1.06. The third-order valence-corrected chi connectivity index (χ3v) is 3.32. The summed E-state index contributed by atoms with van der Waals surface area (Å²) in [5, 5.41) is 0. The van der Waals surface area contributed by atoms with E-state index in [1.165, 1.54) is 38.0 Å². The number of likely N-dealkylation sites (N-methyl/N-ethyl adjacent to an activating group) is 1. The van der Waals surface area contributed by atoms with Gasteiger partial charge in [-0.3, -0.25) is 0 Å². The minimum atomic E-state index is 0.849. The van der Waals surface area contributed by atoms with E-state index in [1.807, 2.05) is 12.1 Å². The molecule has 0 aliphatic rings. The van der Waals surface area contributed by atoms with E-state index >= 15 is 0 Å². The summed E-state index contributed by atoms with van der Waals surface area (Å²) < 4.78 is 0. The van der Waals surface area contributed by atoms with Gasteiger partial charge in [0.15, 0.2) is 0 Å². The van der Waals surface area contributed by atoms with Crippen molar-refractivity contribution in [3.8, 4) is 0 Å². The summed E-state index contributed by atoms with van der Waals surface area (Å²) in [7, 11) is 4.27. The van der Waals surface area contributed by atoms with Gasteiger partial charge in [0, 0.05) is 18.8 Å². The molecule has 0 saturated carbocycles. The highest BCUT2D eigenvalue weighted by atomic mass is 15.2. The average molecular weight is 263 g/mol. The van der Waals surface area contributed by atoms with Crippen LogP contribution in [0.1, 0.15) is 25.3 Å². The lowest BCUT2D eigenvalue weighted by molar-refractivity contribution is 0.239. The number of aryl methyl sites for hydroxylation is 1. The lowest BCUT2D eigenvalue weighted by Gasteiger charge is -2.23. The smallest absolute Gasteiger partial charge is 0.0314 e. The summed E-state index contributed by atoms with van der Waals surface area (Å²) in [6.45, 7) is 6.95. The van der Waals surface area contributed by atoms with Gasteiger partial charge in [0.25, 0.3) is 0 Å². The van der Waals surface area contributed by atoms with Gasteiger partial charge in [0.2, 0.25) is 0 Å². The van der Waals surface area contributed by atoms with Crippen LogP contribution in [0.15, 0.2) is 24.3 Å². The second kappa shape index (κ2) is 8.94. The van der Waals surface area contributed by atoms with Crippen molar-refractivity contribution in [1.29, 1.82) is 0 Å². The van der Waals surface area contributed by atoms with E-state index in [0.717, 1.165) is 18.7 Å². The van der Waals surface area contributed by atoms with Gasteiger partial charge in [-0.1, -0.05) is 19.1 Å². The number of nitrogens with zero attached hydrogens (tertiary/aromatic N) is 2. The molecule has 0 aliphatic heterocycles. The number of rotatable bonds is 9. The van der Waals surface area contributed by atoms with Gasteiger partial charge >= 0.3 is 0 Å². The van der Waals surface area contributed by atoms with Gasteiger partial charge < -0.3 is 15.5 Å². The number of hydrogen-bond donors (Lipinski definition) is 1. The summed E-state index contributed by atoms with van der Waals surface area (Å²) in [6, 6.07) is 8.26. The lowest BCUT2D eigenvalue weighted by Crippen LogP contribution is -2.33. The monoisotopic (exact) mass is 263 g/mol. The first kappa shape index (κ1) is 16.0. The van der Waals surface area contributed by atoms with Gasteiger partial charge in [-0.15, -0.1) is 0 Å². The average Bonchev–Trinajstić information content (AvgIpc) is 2.38. The first-order valence-corrected chi connectivity index (χ1v) is 7.33. The molecule has 0 atom stereocenters. The molecule has 1 rings (SSSR count). The molecule has 3 nitrogen and oxygen atoms in total. The fourth-order valence-corrected chi connectivity index (χ4v) is 2.18. The molecule has 108 valence electrons. The molecular formula is C16H29N3. The third kappa shape index (κ3) is 7.19. The molecule has 0 spiro atoms. The topological polar surface area (TPSA) is 32.5 Å². The Morgan fingerprint density at radius 1 is 0.947 bits per heavy atom. The highest BCUT2D eigenvalue weighted by Gasteiger charge is 2.04. The van der Waals surface area contributed by atoms with Crippen molar-refractivity contribution >= 4 is 5.69 Å². The van der Waals surface area contributed by atoms with Gasteiger partial charge in [-0.2, -0.15) is 0 Å². The van der Waals surface area contributed by atoms with Crippen molar-refractivity contribution in [2.24, 2.45) is 0 Å². The van der Waals surface area contributed by atoms with Gasteiger partial charge in [0.1, 0.15) is 0 Å². The molecule has 0 aromatic heterocycles. The summed E-state index contributed by atoms with van der Waals surface area (Å²) in [5.74, 6) is 0. The highest BCUT2D eigenvalue weighted by molar-refractivity contribution is 5.39. The predicted octanol–water partition coefficient (Wildman–Crippen LogP) is 2.48. The van der Waals surface area contributed by atoms with Gasteiger partial charge in [0.05, 0.1) is 0 Å². The molecule has 19 heavy (non-hydrogen) atoms. The maximum Gasteiger partial charge on any atom is 0.0314 e. The van der Waals surface area contributed by atoms with Crippen LogP contribution in [0.25, 0.3) is 0 Å². The van der Waals surface area contributed by atoms with E-state index in [9.17, 15) is 0 Å². The zero-order valence-electron chi connectivity index (χ0n) is 12.7. The van der Waals surface area contributed by atoms with Crippen molar-refractivity contribution in [3.63, 3.8) is 0 Å². The van der Waals surface area contributed by atoms with Crippen molar-refractivity contribution in [2.45, 2.75) is 26.2 Å². The van der Waals surface area contributed by atoms with Gasteiger partial charge in [-0.05, 0) is 64.1 Å². The molecule has 0 amide bonds. The molecule has 0 heterocycles. The zero-order valence-corrected chi connectivity index (χ0v) is 12.7. The first-order valence-electron chi connectivity index (χ1n) is 7.33. The fourth-order valence-electron chi connectivity index (χ4n) is 2.18. The Bertz CT molecular complexity index is 332. The molecule has 0 bridgehead atoms. The Morgan fingerprint density at radius 3 is 2.21 bits per heavy atom. The molecular weight excluding hydrogens is 234 g/mol. The van der Waals surface area contributed by atoms with Crippen molar-refractivity contribution < 1.29 is 0 Å². The highest BCUT2D eigenvalue weighted by Crippen LogP contribution is 2.08. The zero-order chi connectivity index (χ0) is 14.1. The van der Waals surface area contributed by atoms with Crippen LogP contribution in [0.5, 0.6) is 0 Å². The van der Waals surface area contributed by atoms with Crippen LogP contribution in [0.3, 0.4) is 0 Å². The summed E-state index contributed by atoms with van der Waals surface area (Å²) in [6.07, 6.45) is 3.59. The Morgan fingerprint density at radius 2 is 1.63 bits per heavy atom. The van der Waals surface area contributed by atoms with E-state index in [4.69, 9.17) is 5.73 Å². The molecule has 2 N–H and O–H groups in total. The second-order valence-corrected chi connectivity index (χ2v) is 5.49. The van der Waals surface area contributed by atoms with Crippen LogP contribution in [0, 0.1) is 0 Å². The summed E-state index contributed by atoms with van der Waals surface area (Å²) in [5.41, 5.74) is 7.93. The predicted molar refractivity (Wildman–Crippen MR) is 84.5 cm³/mol. The standard InChI is InChI=1S/C16H29N3/c1-4-11-19(14-13-18(2)3)12-5-6-15-7-9-16(17)10-8-15/h7-10H,4-6,11-14,17H2,1-3H3. The molecule has 1 aromatic carbocycles. The molecule has 0 radical (unpaired) electrons. The second-order valence-electron chi connectivity index (χ2n) is 5.49. The van der Waals surface area contributed by atoms with E-state index in [1.54, 1.807) is 0 Å².